The minimum absolute atomic E-state index is 0.624. The lowest BCUT2D eigenvalue weighted by Gasteiger charge is -2.11. The number of nitrogens with zero attached hydrogens (tertiary/aromatic N) is 1. The molecule has 82 valence electrons. The average molecular weight is 279 g/mol. The zero-order valence-corrected chi connectivity index (χ0v) is 10.4. The molecule has 0 amide bonds. The van der Waals surface area contributed by atoms with E-state index in [1.165, 1.54) is 0 Å². The number of pyridine rings is 1. The molecule has 0 aliphatic heterocycles. The second kappa shape index (κ2) is 4.53. The molecule has 0 fully saturated rings. The van der Waals surface area contributed by atoms with E-state index in [2.05, 4.69) is 20.9 Å². The second-order valence-corrected chi connectivity index (χ2v) is 4.14. The van der Waals surface area contributed by atoms with E-state index in [1.807, 2.05) is 24.3 Å². The molecule has 1 aromatic carbocycles. The van der Waals surface area contributed by atoms with Gasteiger partial charge in [-0.3, -0.25) is 4.98 Å². The maximum absolute atomic E-state index is 5.93. The van der Waals surface area contributed by atoms with Crippen LogP contribution in [0, 0.1) is 0 Å². The van der Waals surface area contributed by atoms with Crippen LogP contribution in [0.2, 0.25) is 0 Å². The van der Waals surface area contributed by atoms with Crippen molar-refractivity contribution in [3.05, 3.63) is 41.1 Å². The molecule has 0 atom stereocenters. The first-order chi connectivity index (χ1) is 7.74. The highest BCUT2D eigenvalue weighted by Crippen LogP contribution is 2.37. The predicted molar refractivity (Wildman–Crippen MR) is 68.3 cm³/mol. The number of hydrogen-bond donors (Lipinski definition) is 1. The van der Waals surface area contributed by atoms with Gasteiger partial charge >= 0.3 is 0 Å². The second-order valence-electron chi connectivity index (χ2n) is 3.29. The first kappa shape index (κ1) is 11.0. The fourth-order valence-electron chi connectivity index (χ4n) is 1.59. The third kappa shape index (κ3) is 1.88. The zero-order valence-electron chi connectivity index (χ0n) is 8.77. The van der Waals surface area contributed by atoms with Crippen molar-refractivity contribution in [1.29, 1.82) is 0 Å². The number of rotatable bonds is 2. The highest BCUT2D eigenvalue weighted by atomic mass is 79.9. The van der Waals surface area contributed by atoms with Gasteiger partial charge in [0, 0.05) is 21.8 Å². The van der Waals surface area contributed by atoms with Crippen LogP contribution in [0.4, 0.5) is 5.69 Å². The zero-order chi connectivity index (χ0) is 11.5. The molecule has 0 saturated carbocycles. The standard InChI is InChI=1S/C12H11BrN2O/c1-16-11-5-3-2-4-8(11)12-9(13)6-15-7-10(12)14/h2-7H,14H2,1H3. The summed E-state index contributed by atoms with van der Waals surface area (Å²) in [7, 11) is 1.64. The molecule has 1 heterocycles. The van der Waals surface area contributed by atoms with E-state index in [-0.39, 0.29) is 0 Å². The molecule has 2 aromatic rings. The van der Waals surface area contributed by atoms with Crippen LogP contribution in [0.1, 0.15) is 0 Å². The van der Waals surface area contributed by atoms with Crippen LogP contribution in [-0.2, 0) is 0 Å². The number of hydrogen-bond acceptors (Lipinski definition) is 3. The molecule has 0 aliphatic carbocycles. The Morgan fingerprint density at radius 1 is 1.25 bits per heavy atom. The van der Waals surface area contributed by atoms with Crippen LogP contribution in [0.15, 0.2) is 41.1 Å². The van der Waals surface area contributed by atoms with Gasteiger partial charge in [-0.15, -0.1) is 0 Å². The van der Waals surface area contributed by atoms with Crippen molar-refractivity contribution in [2.45, 2.75) is 0 Å². The summed E-state index contributed by atoms with van der Waals surface area (Å²) >= 11 is 3.45. The van der Waals surface area contributed by atoms with Gasteiger partial charge < -0.3 is 10.5 Å². The fraction of sp³-hybridized carbons (Fsp3) is 0.0833. The van der Waals surface area contributed by atoms with Crippen molar-refractivity contribution in [3.63, 3.8) is 0 Å². The van der Waals surface area contributed by atoms with E-state index in [0.29, 0.717) is 5.69 Å². The van der Waals surface area contributed by atoms with Gasteiger partial charge in [0.1, 0.15) is 5.75 Å². The Kier molecular flexibility index (Phi) is 3.10. The van der Waals surface area contributed by atoms with Gasteiger partial charge in [0.25, 0.3) is 0 Å². The average Bonchev–Trinajstić information content (AvgIpc) is 2.29. The summed E-state index contributed by atoms with van der Waals surface area (Å²) in [5.74, 6) is 0.793. The summed E-state index contributed by atoms with van der Waals surface area (Å²) in [6.45, 7) is 0. The van der Waals surface area contributed by atoms with Crippen molar-refractivity contribution in [1.82, 2.24) is 4.98 Å². The molecule has 0 bridgehead atoms. The van der Waals surface area contributed by atoms with E-state index < -0.39 is 0 Å². The maximum atomic E-state index is 5.93. The van der Waals surface area contributed by atoms with Gasteiger partial charge in [0.15, 0.2) is 0 Å². The van der Waals surface area contributed by atoms with Crippen molar-refractivity contribution >= 4 is 21.6 Å². The lowest BCUT2D eigenvalue weighted by atomic mass is 10.0. The first-order valence-electron chi connectivity index (χ1n) is 4.76. The van der Waals surface area contributed by atoms with E-state index in [0.717, 1.165) is 21.3 Å². The number of aromatic nitrogens is 1. The Balaban J connectivity index is 2.67. The van der Waals surface area contributed by atoms with Crippen molar-refractivity contribution in [2.24, 2.45) is 0 Å². The summed E-state index contributed by atoms with van der Waals surface area (Å²) in [5, 5.41) is 0. The lowest BCUT2D eigenvalue weighted by molar-refractivity contribution is 0.416. The maximum Gasteiger partial charge on any atom is 0.126 e. The Hall–Kier alpha value is -1.55. The minimum atomic E-state index is 0.624. The number of halogens is 1. The van der Waals surface area contributed by atoms with Gasteiger partial charge in [-0.25, -0.2) is 0 Å². The molecule has 0 unspecified atom stereocenters. The van der Waals surface area contributed by atoms with Gasteiger partial charge in [0.2, 0.25) is 0 Å². The van der Waals surface area contributed by atoms with Gasteiger partial charge in [-0.1, -0.05) is 18.2 Å². The van der Waals surface area contributed by atoms with E-state index in [1.54, 1.807) is 19.5 Å². The summed E-state index contributed by atoms with van der Waals surface area (Å²) in [4.78, 5) is 4.01. The molecule has 0 aliphatic rings. The van der Waals surface area contributed by atoms with E-state index in [9.17, 15) is 0 Å². The third-order valence-corrected chi connectivity index (χ3v) is 2.91. The van der Waals surface area contributed by atoms with Crippen molar-refractivity contribution in [2.75, 3.05) is 12.8 Å². The van der Waals surface area contributed by atoms with E-state index >= 15 is 0 Å². The number of nitrogens with two attached hydrogens (primary N) is 1. The molecule has 1 aromatic heterocycles. The van der Waals surface area contributed by atoms with Crippen molar-refractivity contribution in [3.8, 4) is 16.9 Å². The molecular formula is C12H11BrN2O. The summed E-state index contributed by atoms with van der Waals surface area (Å²) in [5.41, 5.74) is 8.42. The Labute approximate surface area is 102 Å². The number of para-hydroxylation sites is 1. The van der Waals surface area contributed by atoms with Crippen LogP contribution < -0.4 is 10.5 Å². The van der Waals surface area contributed by atoms with Crippen molar-refractivity contribution < 1.29 is 4.74 Å². The lowest BCUT2D eigenvalue weighted by Crippen LogP contribution is -1.95. The number of methoxy groups -OCH3 is 1. The van der Waals surface area contributed by atoms with Gasteiger partial charge in [-0.05, 0) is 22.0 Å². The highest BCUT2D eigenvalue weighted by molar-refractivity contribution is 9.10. The largest absolute Gasteiger partial charge is 0.496 e. The SMILES string of the molecule is COc1ccccc1-c1c(N)cncc1Br. The number of anilines is 1. The van der Waals surface area contributed by atoms with E-state index in [4.69, 9.17) is 10.5 Å². The topological polar surface area (TPSA) is 48.1 Å². The molecule has 3 nitrogen and oxygen atoms in total. The van der Waals surface area contributed by atoms with Crippen LogP contribution in [0.25, 0.3) is 11.1 Å². The molecule has 0 spiro atoms. The van der Waals surface area contributed by atoms with Crippen LogP contribution in [0.3, 0.4) is 0 Å². The number of ether oxygens (including phenoxy) is 1. The Bertz CT molecular complexity index is 494. The normalized spacial score (nSPS) is 10.1. The highest BCUT2D eigenvalue weighted by Gasteiger charge is 2.11. The molecule has 0 saturated heterocycles. The predicted octanol–water partition coefficient (Wildman–Crippen LogP) is 3.10. The molecule has 0 radical (unpaired) electrons. The van der Waals surface area contributed by atoms with Crippen LogP contribution in [0.5, 0.6) is 5.75 Å². The summed E-state index contributed by atoms with van der Waals surface area (Å²) in [6.07, 6.45) is 3.35. The molecule has 4 heteroatoms. The Morgan fingerprint density at radius 3 is 2.69 bits per heavy atom. The number of benzene rings is 1. The summed E-state index contributed by atoms with van der Waals surface area (Å²) in [6, 6.07) is 7.74. The molecular weight excluding hydrogens is 268 g/mol. The number of nitrogen functional groups attached to an aromatic ring is 1. The first-order valence-corrected chi connectivity index (χ1v) is 5.55. The molecule has 2 N–H and O–H groups in total. The molecule has 16 heavy (non-hydrogen) atoms. The monoisotopic (exact) mass is 278 g/mol. The van der Waals surface area contributed by atoms with Gasteiger partial charge in [-0.2, -0.15) is 0 Å². The smallest absolute Gasteiger partial charge is 0.126 e. The quantitative estimate of drug-likeness (QED) is 0.918. The minimum Gasteiger partial charge on any atom is -0.496 e. The van der Waals surface area contributed by atoms with Crippen LogP contribution in [-0.4, -0.2) is 12.1 Å². The van der Waals surface area contributed by atoms with Gasteiger partial charge in [0.05, 0.1) is 19.0 Å². The summed E-state index contributed by atoms with van der Waals surface area (Å²) < 4.78 is 6.17. The fourth-order valence-corrected chi connectivity index (χ4v) is 2.15. The Morgan fingerprint density at radius 2 is 2.00 bits per heavy atom. The van der Waals surface area contributed by atoms with Crippen LogP contribution >= 0.6 is 15.9 Å². The molecule has 2 rings (SSSR count). The third-order valence-electron chi connectivity index (χ3n) is 2.31.